The molecule has 2 aliphatic heterocycles. The van der Waals surface area contributed by atoms with E-state index >= 15 is 0 Å². The van der Waals surface area contributed by atoms with Crippen molar-refractivity contribution in [3.05, 3.63) is 12.4 Å². The minimum absolute atomic E-state index is 0.132. The summed E-state index contributed by atoms with van der Waals surface area (Å²) in [4.78, 5) is 24.6. The van der Waals surface area contributed by atoms with Crippen molar-refractivity contribution in [2.75, 3.05) is 44.8 Å². The van der Waals surface area contributed by atoms with Gasteiger partial charge in [0.05, 0.1) is 7.11 Å². The van der Waals surface area contributed by atoms with E-state index < -0.39 is 0 Å². The standard InChI is InChI=1S/C14H20N4O3/c1-20-13-9-12(15-10-16-13)17-4-6-18(7-5-17)14(19)11-3-2-8-21-11/h9-11H,2-8H2,1H3. The number of anilines is 1. The highest BCUT2D eigenvalue weighted by molar-refractivity contribution is 5.81. The van der Waals surface area contributed by atoms with E-state index in [2.05, 4.69) is 14.9 Å². The zero-order chi connectivity index (χ0) is 14.7. The topological polar surface area (TPSA) is 67.8 Å². The van der Waals surface area contributed by atoms with Crippen LogP contribution in [0, 0.1) is 0 Å². The number of ether oxygens (including phenoxy) is 2. The number of rotatable bonds is 3. The molecule has 2 aliphatic rings. The van der Waals surface area contributed by atoms with Crippen LogP contribution in [0.5, 0.6) is 5.88 Å². The molecule has 114 valence electrons. The third-order valence-corrected chi connectivity index (χ3v) is 3.96. The fourth-order valence-electron chi connectivity index (χ4n) is 2.75. The smallest absolute Gasteiger partial charge is 0.251 e. The van der Waals surface area contributed by atoms with Crippen LogP contribution in [0.15, 0.2) is 12.4 Å². The number of amides is 1. The second-order valence-corrected chi connectivity index (χ2v) is 5.23. The minimum Gasteiger partial charge on any atom is -0.481 e. The first-order chi connectivity index (χ1) is 10.3. The van der Waals surface area contributed by atoms with Gasteiger partial charge in [-0.15, -0.1) is 0 Å². The average Bonchev–Trinajstić information content (AvgIpc) is 3.09. The predicted molar refractivity (Wildman–Crippen MR) is 76.4 cm³/mol. The molecule has 0 saturated carbocycles. The maximum absolute atomic E-state index is 12.3. The monoisotopic (exact) mass is 292 g/mol. The number of nitrogens with zero attached hydrogens (tertiary/aromatic N) is 4. The van der Waals surface area contributed by atoms with Gasteiger partial charge in [0.1, 0.15) is 18.2 Å². The van der Waals surface area contributed by atoms with Gasteiger partial charge in [-0.3, -0.25) is 4.79 Å². The Labute approximate surface area is 123 Å². The predicted octanol–water partition coefficient (Wildman–Crippen LogP) is 0.313. The fourth-order valence-corrected chi connectivity index (χ4v) is 2.75. The van der Waals surface area contributed by atoms with Gasteiger partial charge in [0.15, 0.2) is 0 Å². The summed E-state index contributed by atoms with van der Waals surface area (Å²) in [5, 5.41) is 0. The van der Waals surface area contributed by atoms with Gasteiger partial charge in [-0.2, -0.15) is 0 Å². The number of carbonyl (C=O) groups is 1. The molecule has 0 N–H and O–H groups in total. The summed E-state index contributed by atoms with van der Waals surface area (Å²) in [6.07, 6.45) is 3.10. The third-order valence-electron chi connectivity index (χ3n) is 3.96. The van der Waals surface area contributed by atoms with Crippen LogP contribution in [-0.4, -0.2) is 66.8 Å². The lowest BCUT2D eigenvalue weighted by atomic mass is 10.2. The molecule has 7 nitrogen and oxygen atoms in total. The molecule has 0 radical (unpaired) electrons. The van der Waals surface area contributed by atoms with E-state index in [9.17, 15) is 4.79 Å². The maximum Gasteiger partial charge on any atom is 0.251 e. The molecule has 3 heterocycles. The Morgan fingerprint density at radius 1 is 1.33 bits per heavy atom. The Morgan fingerprint density at radius 3 is 2.81 bits per heavy atom. The first-order valence-corrected chi connectivity index (χ1v) is 7.29. The Balaban J connectivity index is 1.58. The Hall–Kier alpha value is -1.89. The highest BCUT2D eigenvalue weighted by Crippen LogP contribution is 2.19. The van der Waals surface area contributed by atoms with Gasteiger partial charge in [-0.1, -0.05) is 0 Å². The Morgan fingerprint density at radius 2 is 2.14 bits per heavy atom. The molecule has 2 saturated heterocycles. The maximum atomic E-state index is 12.3. The van der Waals surface area contributed by atoms with Crippen LogP contribution in [0.25, 0.3) is 0 Å². The number of carbonyl (C=O) groups excluding carboxylic acids is 1. The normalized spacial score (nSPS) is 22.4. The van der Waals surface area contributed by atoms with Crippen molar-refractivity contribution in [2.45, 2.75) is 18.9 Å². The van der Waals surface area contributed by atoms with Gasteiger partial charge in [0.25, 0.3) is 5.91 Å². The van der Waals surface area contributed by atoms with Crippen molar-refractivity contribution in [1.29, 1.82) is 0 Å². The molecular formula is C14H20N4O3. The van der Waals surface area contributed by atoms with Gasteiger partial charge >= 0.3 is 0 Å². The highest BCUT2D eigenvalue weighted by Gasteiger charge is 2.30. The molecule has 0 bridgehead atoms. The van der Waals surface area contributed by atoms with Gasteiger partial charge in [0.2, 0.25) is 5.88 Å². The van der Waals surface area contributed by atoms with Crippen LogP contribution < -0.4 is 9.64 Å². The molecule has 0 aliphatic carbocycles. The number of piperazine rings is 1. The second-order valence-electron chi connectivity index (χ2n) is 5.23. The highest BCUT2D eigenvalue weighted by atomic mass is 16.5. The summed E-state index contributed by atoms with van der Waals surface area (Å²) in [6.45, 7) is 3.63. The molecule has 1 aromatic heterocycles. The number of aromatic nitrogens is 2. The number of methoxy groups -OCH3 is 1. The molecule has 21 heavy (non-hydrogen) atoms. The van der Waals surface area contributed by atoms with Crippen molar-refractivity contribution < 1.29 is 14.3 Å². The molecular weight excluding hydrogens is 272 g/mol. The van der Waals surface area contributed by atoms with E-state index in [1.165, 1.54) is 6.33 Å². The lowest BCUT2D eigenvalue weighted by molar-refractivity contribution is -0.141. The van der Waals surface area contributed by atoms with Gasteiger partial charge < -0.3 is 19.3 Å². The van der Waals surface area contributed by atoms with E-state index in [0.717, 1.165) is 31.7 Å². The largest absolute Gasteiger partial charge is 0.481 e. The lowest BCUT2D eigenvalue weighted by Crippen LogP contribution is -2.51. The molecule has 0 spiro atoms. The van der Waals surface area contributed by atoms with Crippen LogP contribution >= 0.6 is 0 Å². The first-order valence-electron chi connectivity index (χ1n) is 7.29. The van der Waals surface area contributed by atoms with Crippen LogP contribution in [0.3, 0.4) is 0 Å². The van der Waals surface area contributed by atoms with Crippen LogP contribution in [0.1, 0.15) is 12.8 Å². The van der Waals surface area contributed by atoms with Crippen molar-refractivity contribution >= 4 is 11.7 Å². The van der Waals surface area contributed by atoms with E-state index in [0.29, 0.717) is 25.6 Å². The van der Waals surface area contributed by atoms with Crippen LogP contribution in [-0.2, 0) is 9.53 Å². The third kappa shape index (κ3) is 3.07. The zero-order valence-corrected chi connectivity index (χ0v) is 12.2. The SMILES string of the molecule is COc1cc(N2CCN(C(=O)C3CCCO3)CC2)ncn1. The quantitative estimate of drug-likeness (QED) is 0.799. The van der Waals surface area contributed by atoms with E-state index in [-0.39, 0.29) is 12.0 Å². The summed E-state index contributed by atoms with van der Waals surface area (Å²) < 4.78 is 10.6. The molecule has 1 amide bonds. The fraction of sp³-hybridized carbons (Fsp3) is 0.643. The van der Waals surface area contributed by atoms with E-state index in [4.69, 9.17) is 9.47 Å². The molecule has 0 aromatic carbocycles. The molecule has 2 fully saturated rings. The number of hydrogen-bond donors (Lipinski definition) is 0. The summed E-state index contributed by atoms with van der Waals surface area (Å²) in [5.74, 6) is 1.52. The van der Waals surface area contributed by atoms with Gasteiger partial charge in [-0.05, 0) is 12.8 Å². The molecule has 1 aromatic rings. The first kappa shape index (κ1) is 14.1. The van der Waals surface area contributed by atoms with E-state index in [1.807, 2.05) is 11.0 Å². The Bertz CT molecular complexity index is 497. The van der Waals surface area contributed by atoms with Crippen molar-refractivity contribution in [3.63, 3.8) is 0 Å². The van der Waals surface area contributed by atoms with Gasteiger partial charge in [0, 0.05) is 38.9 Å². The van der Waals surface area contributed by atoms with E-state index in [1.54, 1.807) is 7.11 Å². The molecule has 1 atom stereocenters. The lowest BCUT2D eigenvalue weighted by Gasteiger charge is -2.36. The van der Waals surface area contributed by atoms with Gasteiger partial charge in [-0.25, -0.2) is 9.97 Å². The molecule has 3 rings (SSSR count). The summed E-state index contributed by atoms with van der Waals surface area (Å²) in [5.41, 5.74) is 0. The minimum atomic E-state index is -0.226. The summed E-state index contributed by atoms with van der Waals surface area (Å²) in [7, 11) is 1.59. The molecule has 1 unspecified atom stereocenters. The summed E-state index contributed by atoms with van der Waals surface area (Å²) >= 11 is 0. The molecule has 7 heteroatoms. The van der Waals surface area contributed by atoms with Crippen molar-refractivity contribution in [2.24, 2.45) is 0 Å². The van der Waals surface area contributed by atoms with Crippen LogP contribution in [0.2, 0.25) is 0 Å². The average molecular weight is 292 g/mol. The number of hydrogen-bond acceptors (Lipinski definition) is 6. The van der Waals surface area contributed by atoms with Crippen molar-refractivity contribution in [3.8, 4) is 5.88 Å². The van der Waals surface area contributed by atoms with Crippen molar-refractivity contribution in [1.82, 2.24) is 14.9 Å². The summed E-state index contributed by atoms with van der Waals surface area (Å²) in [6, 6.07) is 1.82. The Kier molecular flexibility index (Phi) is 4.19. The second kappa shape index (κ2) is 6.26. The zero-order valence-electron chi connectivity index (χ0n) is 12.2. The van der Waals surface area contributed by atoms with Crippen LogP contribution in [0.4, 0.5) is 5.82 Å².